The van der Waals surface area contributed by atoms with Gasteiger partial charge in [-0.3, -0.25) is 0 Å². The largest absolute Gasteiger partial charge is 0.391 e. The highest BCUT2D eigenvalue weighted by Gasteiger charge is 2.24. The summed E-state index contributed by atoms with van der Waals surface area (Å²) in [7, 11) is 3.79. The van der Waals surface area contributed by atoms with Crippen molar-refractivity contribution in [2.45, 2.75) is 11.6 Å². The zero-order valence-electron chi connectivity index (χ0n) is 7.37. The van der Waals surface area contributed by atoms with E-state index < -0.39 is 11.6 Å². The number of alkyl halides is 2. The van der Waals surface area contributed by atoms with Gasteiger partial charge in [0.05, 0.1) is 11.6 Å². The number of aliphatic hydroxyl groups is 1. The summed E-state index contributed by atoms with van der Waals surface area (Å²) < 4.78 is 0. The summed E-state index contributed by atoms with van der Waals surface area (Å²) in [6.45, 7) is 0.637. The van der Waals surface area contributed by atoms with Crippen molar-refractivity contribution in [3.05, 3.63) is 0 Å². The predicted molar refractivity (Wildman–Crippen MR) is 52.6 cm³/mol. The summed E-state index contributed by atoms with van der Waals surface area (Å²) in [6, 6.07) is 0. The first-order valence-electron chi connectivity index (χ1n) is 3.77. The second-order valence-electron chi connectivity index (χ2n) is 3.09. The number of hydrogen-bond acceptors (Lipinski definition) is 3. The Bertz CT molecular complexity index is 122. The quantitative estimate of drug-likeness (QED) is 0.511. The molecule has 5 heteroatoms. The van der Waals surface area contributed by atoms with E-state index in [1.165, 1.54) is 0 Å². The average Bonchev–Trinajstić information content (AvgIpc) is 1.98. The van der Waals surface area contributed by atoms with Crippen molar-refractivity contribution in [3.8, 4) is 0 Å². The van der Waals surface area contributed by atoms with E-state index in [4.69, 9.17) is 28.9 Å². The number of rotatable bonds is 5. The molecule has 0 saturated heterocycles. The average molecular weight is 215 g/mol. The molecule has 0 saturated carbocycles. The smallest absolute Gasteiger partial charge is 0.0866 e. The third kappa shape index (κ3) is 4.48. The Kier molecular flexibility index (Phi) is 6.23. The van der Waals surface area contributed by atoms with E-state index >= 15 is 0 Å². The summed E-state index contributed by atoms with van der Waals surface area (Å²) in [5.74, 6) is -0.0157. The lowest BCUT2D eigenvalue weighted by Crippen LogP contribution is -2.41. The van der Waals surface area contributed by atoms with Crippen LogP contribution in [0.4, 0.5) is 0 Å². The van der Waals surface area contributed by atoms with Gasteiger partial charge in [0.1, 0.15) is 0 Å². The van der Waals surface area contributed by atoms with Crippen molar-refractivity contribution in [1.82, 2.24) is 4.90 Å². The van der Waals surface area contributed by atoms with Gasteiger partial charge >= 0.3 is 0 Å². The Morgan fingerprint density at radius 1 is 1.50 bits per heavy atom. The van der Waals surface area contributed by atoms with Crippen LogP contribution in [0.25, 0.3) is 0 Å². The molecule has 0 fully saturated rings. The van der Waals surface area contributed by atoms with Gasteiger partial charge in [-0.15, -0.1) is 23.2 Å². The van der Waals surface area contributed by atoms with Crippen molar-refractivity contribution in [2.75, 3.05) is 26.5 Å². The maximum atomic E-state index is 9.41. The van der Waals surface area contributed by atoms with Crippen LogP contribution in [0.5, 0.6) is 0 Å². The molecular weight excluding hydrogens is 199 g/mol. The highest BCUT2D eigenvalue weighted by molar-refractivity contribution is 6.20. The van der Waals surface area contributed by atoms with Gasteiger partial charge in [0.15, 0.2) is 0 Å². The molecule has 0 aliphatic carbocycles. The molecule has 3 atom stereocenters. The van der Waals surface area contributed by atoms with Crippen LogP contribution in [0.2, 0.25) is 0 Å². The lowest BCUT2D eigenvalue weighted by Gasteiger charge is -2.26. The first kappa shape index (κ1) is 12.5. The van der Waals surface area contributed by atoms with Crippen molar-refractivity contribution in [2.24, 2.45) is 11.7 Å². The number of aliphatic hydroxyl groups excluding tert-OH is 1. The van der Waals surface area contributed by atoms with Gasteiger partial charge in [0, 0.05) is 18.3 Å². The van der Waals surface area contributed by atoms with E-state index in [1.54, 1.807) is 0 Å². The van der Waals surface area contributed by atoms with Crippen LogP contribution in [0.1, 0.15) is 0 Å². The SMILES string of the molecule is CN(C)CC(C(N)Cl)C(O)CCl. The molecule has 0 amide bonds. The molecule has 0 aromatic rings. The molecule has 0 aliphatic rings. The molecule has 3 N–H and O–H groups in total. The minimum absolute atomic E-state index is 0.166. The summed E-state index contributed by atoms with van der Waals surface area (Å²) in [5.41, 5.74) is 4.93. The number of hydrogen-bond donors (Lipinski definition) is 2. The summed E-state index contributed by atoms with van der Waals surface area (Å²) in [4.78, 5) is 1.92. The van der Waals surface area contributed by atoms with Crippen molar-refractivity contribution in [1.29, 1.82) is 0 Å². The van der Waals surface area contributed by atoms with Gasteiger partial charge in [-0.25, -0.2) is 0 Å². The van der Waals surface area contributed by atoms with E-state index in [2.05, 4.69) is 0 Å². The minimum Gasteiger partial charge on any atom is -0.391 e. The molecule has 0 aliphatic heterocycles. The van der Waals surface area contributed by atoms with E-state index in [-0.39, 0.29) is 11.8 Å². The molecule has 74 valence electrons. The van der Waals surface area contributed by atoms with Crippen LogP contribution >= 0.6 is 23.2 Å². The molecule has 3 unspecified atom stereocenters. The summed E-state index contributed by atoms with van der Waals surface area (Å²) >= 11 is 11.2. The highest BCUT2D eigenvalue weighted by Crippen LogP contribution is 2.13. The van der Waals surface area contributed by atoms with E-state index in [1.807, 2.05) is 19.0 Å². The topological polar surface area (TPSA) is 49.5 Å². The van der Waals surface area contributed by atoms with Crippen molar-refractivity contribution in [3.63, 3.8) is 0 Å². The second-order valence-corrected chi connectivity index (χ2v) is 3.90. The first-order chi connectivity index (χ1) is 5.49. The third-order valence-corrected chi connectivity index (χ3v) is 2.28. The van der Waals surface area contributed by atoms with Gasteiger partial charge in [-0.05, 0) is 14.1 Å². The maximum absolute atomic E-state index is 9.41. The normalized spacial score (nSPS) is 19.2. The molecule has 0 rings (SSSR count). The highest BCUT2D eigenvalue weighted by atomic mass is 35.5. The Hall–Kier alpha value is 0.460. The van der Waals surface area contributed by atoms with Crippen LogP contribution in [0.15, 0.2) is 0 Å². The van der Waals surface area contributed by atoms with Gasteiger partial charge in [-0.2, -0.15) is 0 Å². The Labute approximate surface area is 83.4 Å². The van der Waals surface area contributed by atoms with Crippen molar-refractivity contribution < 1.29 is 5.11 Å². The zero-order chi connectivity index (χ0) is 9.72. The van der Waals surface area contributed by atoms with Crippen LogP contribution in [0, 0.1) is 5.92 Å². The third-order valence-electron chi connectivity index (χ3n) is 1.64. The second kappa shape index (κ2) is 6.00. The molecule has 0 radical (unpaired) electrons. The van der Waals surface area contributed by atoms with Crippen LogP contribution in [-0.4, -0.2) is 48.1 Å². The standard InChI is InChI=1S/C7H16Cl2N2O/c1-11(2)4-5(7(9)10)6(12)3-8/h5-7,12H,3-4,10H2,1-2H3. The summed E-state index contributed by atoms with van der Waals surface area (Å²) in [6.07, 6.45) is -0.637. The predicted octanol–water partition coefficient (Wildman–Crippen LogP) is 0.288. The number of nitrogens with zero attached hydrogens (tertiary/aromatic N) is 1. The Balaban J connectivity index is 4.03. The summed E-state index contributed by atoms with van der Waals surface area (Å²) in [5, 5.41) is 9.41. The molecule has 0 bridgehead atoms. The van der Waals surface area contributed by atoms with E-state index in [9.17, 15) is 5.11 Å². The lowest BCUT2D eigenvalue weighted by atomic mass is 10.0. The fraction of sp³-hybridized carbons (Fsp3) is 1.00. The lowest BCUT2D eigenvalue weighted by molar-refractivity contribution is 0.107. The van der Waals surface area contributed by atoms with E-state index in [0.29, 0.717) is 6.54 Å². The first-order valence-corrected chi connectivity index (χ1v) is 4.74. The van der Waals surface area contributed by atoms with Crippen LogP contribution in [0.3, 0.4) is 0 Å². The number of nitrogens with two attached hydrogens (primary N) is 1. The fourth-order valence-corrected chi connectivity index (χ4v) is 1.45. The van der Waals surface area contributed by atoms with E-state index in [0.717, 1.165) is 0 Å². The molecule has 0 spiro atoms. The van der Waals surface area contributed by atoms with Crippen LogP contribution in [-0.2, 0) is 0 Å². The zero-order valence-corrected chi connectivity index (χ0v) is 8.89. The van der Waals surface area contributed by atoms with Gasteiger partial charge in [0.2, 0.25) is 0 Å². The van der Waals surface area contributed by atoms with Gasteiger partial charge in [0.25, 0.3) is 0 Å². The van der Waals surface area contributed by atoms with Gasteiger partial charge < -0.3 is 15.7 Å². The minimum atomic E-state index is -0.637. The van der Waals surface area contributed by atoms with Crippen LogP contribution < -0.4 is 5.73 Å². The molecule has 3 nitrogen and oxygen atoms in total. The molecule has 0 heterocycles. The molecule has 12 heavy (non-hydrogen) atoms. The molecular formula is C7H16Cl2N2O. The number of halogens is 2. The monoisotopic (exact) mass is 214 g/mol. The van der Waals surface area contributed by atoms with Gasteiger partial charge in [-0.1, -0.05) is 0 Å². The van der Waals surface area contributed by atoms with Crippen molar-refractivity contribution >= 4 is 23.2 Å². The maximum Gasteiger partial charge on any atom is 0.0866 e. The molecule has 0 aromatic carbocycles. The fourth-order valence-electron chi connectivity index (χ4n) is 0.971. The Morgan fingerprint density at radius 3 is 2.25 bits per heavy atom. The Morgan fingerprint density at radius 2 is 2.00 bits per heavy atom. The molecule has 0 aromatic heterocycles.